The third kappa shape index (κ3) is 3.75. The van der Waals surface area contributed by atoms with Gasteiger partial charge < -0.3 is 9.30 Å². The zero-order valence-electron chi connectivity index (χ0n) is 10.1. The van der Waals surface area contributed by atoms with Gasteiger partial charge in [-0.15, -0.1) is 21.8 Å². The number of halogens is 7. The number of nitrogens with zero attached hydrogens (tertiary/aromatic N) is 3. The minimum absolute atomic E-state index is 0.0998. The van der Waals surface area contributed by atoms with E-state index in [2.05, 4.69) is 14.9 Å². The van der Waals surface area contributed by atoms with E-state index in [-0.39, 0.29) is 24.9 Å². The highest BCUT2D eigenvalue weighted by molar-refractivity contribution is 6.16. The molecule has 0 saturated heterocycles. The fraction of sp³-hybridized carbons (Fsp3) is 0.778. The standard InChI is InChI=1S/C9H10ClF6N3O/c1-20-3-2-19-5(4-10)17-18-7(19)6(8(11,12)13)9(14,15)16/h6H,2-4H2,1H3. The molecule has 1 aromatic heterocycles. The maximum Gasteiger partial charge on any atom is 0.407 e. The summed E-state index contributed by atoms with van der Waals surface area (Å²) in [4.78, 5) is 0. The van der Waals surface area contributed by atoms with Crippen molar-refractivity contribution in [3.05, 3.63) is 11.6 Å². The Bertz CT molecular complexity index is 430. The summed E-state index contributed by atoms with van der Waals surface area (Å²) in [7, 11) is 1.26. The SMILES string of the molecule is COCCn1c(CCl)nnc1C(C(F)(F)F)C(F)(F)F. The first-order valence-electron chi connectivity index (χ1n) is 5.23. The highest BCUT2D eigenvalue weighted by Gasteiger charge is 2.60. The molecule has 4 nitrogen and oxygen atoms in total. The van der Waals surface area contributed by atoms with Crippen molar-refractivity contribution in [2.24, 2.45) is 0 Å². The molecule has 0 aliphatic heterocycles. The van der Waals surface area contributed by atoms with E-state index in [1.165, 1.54) is 7.11 Å². The quantitative estimate of drug-likeness (QED) is 0.617. The van der Waals surface area contributed by atoms with Crippen LogP contribution in [0.25, 0.3) is 0 Å². The van der Waals surface area contributed by atoms with E-state index in [1.54, 1.807) is 0 Å². The molecule has 0 unspecified atom stereocenters. The van der Waals surface area contributed by atoms with Crippen molar-refractivity contribution in [1.29, 1.82) is 0 Å². The molecule has 0 aliphatic rings. The zero-order chi connectivity index (χ0) is 15.6. The van der Waals surface area contributed by atoms with Crippen LogP contribution in [0.3, 0.4) is 0 Å². The fourth-order valence-corrected chi connectivity index (χ4v) is 1.76. The Morgan fingerprint density at radius 1 is 1.15 bits per heavy atom. The van der Waals surface area contributed by atoms with Gasteiger partial charge in [-0.05, 0) is 0 Å². The highest BCUT2D eigenvalue weighted by Crippen LogP contribution is 2.45. The summed E-state index contributed by atoms with van der Waals surface area (Å²) >= 11 is 5.43. The Morgan fingerprint density at radius 2 is 1.70 bits per heavy atom. The Labute approximate surface area is 114 Å². The number of hydrogen-bond donors (Lipinski definition) is 0. The van der Waals surface area contributed by atoms with Gasteiger partial charge in [-0.3, -0.25) is 0 Å². The van der Waals surface area contributed by atoms with Crippen molar-refractivity contribution < 1.29 is 31.1 Å². The molecule has 0 saturated carbocycles. The minimum Gasteiger partial charge on any atom is -0.383 e. The molecule has 0 amide bonds. The van der Waals surface area contributed by atoms with Crippen LogP contribution in [0.15, 0.2) is 0 Å². The maximum absolute atomic E-state index is 12.7. The van der Waals surface area contributed by atoms with Crippen LogP contribution in [-0.4, -0.2) is 40.8 Å². The lowest BCUT2D eigenvalue weighted by molar-refractivity contribution is -0.256. The average molecular weight is 326 g/mol. The topological polar surface area (TPSA) is 39.9 Å². The normalized spacial score (nSPS) is 13.2. The second-order valence-corrected chi connectivity index (χ2v) is 4.04. The van der Waals surface area contributed by atoms with E-state index in [9.17, 15) is 26.3 Å². The summed E-state index contributed by atoms with van der Waals surface area (Å²) < 4.78 is 81.2. The van der Waals surface area contributed by atoms with E-state index in [0.717, 1.165) is 0 Å². The molecular formula is C9H10ClF6N3O. The predicted molar refractivity (Wildman–Crippen MR) is 56.3 cm³/mol. The van der Waals surface area contributed by atoms with Crippen LogP contribution in [-0.2, 0) is 17.2 Å². The van der Waals surface area contributed by atoms with Gasteiger partial charge in [0.15, 0.2) is 5.82 Å². The second kappa shape index (κ2) is 6.17. The van der Waals surface area contributed by atoms with E-state index >= 15 is 0 Å². The van der Waals surface area contributed by atoms with Gasteiger partial charge in [0.05, 0.1) is 12.5 Å². The number of hydrogen-bond acceptors (Lipinski definition) is 3. The van der Waals surface area contributed by atoms with Crippen molar-refractivity contribution >= 4 is 11.6 Å². The Balaban J connectivity index is 3.30. The zero-order valence-corrected chi connectivity index (χ0v) is 10.9. The van der Waals surface area contributed by atoms with E-state index in [4.69, 9.17) is 11.6 Å². The van der Waals surface area contributed by atoms with Gasteiger partial charge in [0.1, 0.15) is 5.82 Å². The lowest BCUT2D eigenvalue weighted by Crippen LogP contribution is -2.36. The van der Waals surface area contributed by atoms with Crippen LogP contribution in [0.4, 0.5) is 26.3 Å². The number of alkyl halides is 7. The van der Waals surface area contributed by atoms with Crippen LogP contribution >= 0.6 is 11.6 Å². The van der Waals surface area contributed by atoms with Gasteiger partial charge in [-0.2, -0.15) is 26.3 Å². The Morgan fingerprint density at radius 3 is 2.10 bits per heavy atom. The van der Waals surface area contributed by atoms with Gasteiger partial charge >= 0.3 is 12.4 Å². The molecule has 0 radical (unpaired) electrons. The molecule has 0 fully saturated rings. The third-order valence-electron chi connectivity index (χ3n) is 2.41. The molecule has 116 valence electrons. The van der Waals surface area contributed by atoms with Crippen LogP contribution < -0.4 is 0 Å². The molecule has 0 bridgehead atoms. The molecule has 1 aromatic rings. The first-order chi connectivity index (χ1) is 9.12. The molecular weight excluding hydrogens is 316 g/mol. The van der Waals surface area contributed by atoms with Crippen molar-refractivity contribution in [2.45, 2.75) is 30.7 Å². The second-order valence-electron chi connectivity index (χ2n) is 3.77. The van der Waals surface area contributed by atoms with Crippen molar-refractivity contribution in [3.8, 4) is 0 Å². The summed E-state index contributed by atoms with van der Waals surface area (Å²) in [5.41, 5.74) is 0. The highest BCUT2D eigenvalue weighted by atomic mass is 35.5. The van der Waals surface area contributed by atoms with Crippen LogP contribution in [0.1, 0.15) is 17.6 Å². The lowest BCUT2D eigenvalue weighted by Gasteiger charge is -2.23. The van der Waals surface area contributed by atoms with E-state index < -0.39 is 24.1 Å². The number of aromatic nitrogens is 3. The van der Waals surface area contributed by atoms with Crippen molar-refractivity contribution in [3.63, 3.8) is 0 Å². The average Bonchev–Trinajstić information content (AvgIpc) is 2.65. The number of methoxy groups -OCH3 is 1. The fourth-order valence-electron chi connectivity index (χ4n) is 1.57. The van der Waals surface area contributed by atoms with Crippen LogP contribution in [0, 0.1) is 0 Å². The van der Waals surface area contributed by atoms with Crippen molar-refractivity contribution in [2.75, 3.05) is 13.7 Å². The predicted octanol–water partition coefficient (Wildman–Crippen LogP) is 2.87. The Hall–Kier alpha value is -1.03. The molecule has 0 N–H and O–H groups in total. The maximum atomic E-state index is 12.7. The summed E-state index contributed by atoms with van der Waals surface area (Å²) in [6.45, 7) is -0.360. The third-order valence-corrected chi connectivity index (χ3v) is 2.65. The summed E-state index contributed by atoms with van der Waals surface area (Å²) in [5, 5.41) is 6.27. The molecule has 11 heteroatoms. The smallest absolute Gasteiger partial charge is 0.383 e. The van der Waals surface area contributed by atoms with Gasteiger partial charge in [0, 0.05) is 13.7 Å². The largest absolute Gasteiger partial charge is 0.407 e. The summed E-state index contributed by atoms with van der Waals surface area (Å²) in [5.74, 6) is -5.50. The van der Waals surface area contributed by atoms with Gasteiger partial charge in [-0.25, -0.2) is 0 Å². The molecule has 1 rings (SSSR count). The van der Waals surface area contributed by atoms with Crippen molar-refractivity contribution in [1.82, 2.24) is 14.8 Å². The molecule has 0 atom stereocenters. The number of ether oxygens (including phenoxy) is 1. The first-order valence-corrected chi connectivity index (χ1v) is 5.76. The van der Waals surface area contributed by atoms with Gasteiger partial charge in [0.25, 0.3) is 0 Å². The van der Waals surface area contributed by atoms with E-state index in [0.29, 0.717) is 4.57 Å². The minimum atomic E-state index is -5.53. The van der Waals surface area contributed by atoms with Crippen LogP contribution in [0.5, 0.6) is 0 Å². The summed E-state index contributed by atoms with van der Waals surface area (Å²) in [6.07, 6.45) is -11.1. The molecule has 0 spiro atoms. The monoisotopic (exact) mass is 325 g/mol. The van der Waals surface area contributed by atoms with Gasteiger partial charge in [0.2, 0.25) is 5.92 Å². The molecule has 0 aliphatic carbocycles. The van der Waals surface area contributed by atoms with E-state index in [1.807, 2.05) is 0 Å². The van der Waals surface area contributed by atoms with Gasteiger partial charge in [-0.1, -0.05) is 0 Å². The first kappa shape index (κ1) is 17.0. The molecule has 20 heavy (non-hydrogen) atoms. The molecule has 0 aromatic carbocycles. The number of rotatable bonds is 5. The molecule has 1 heterocycles. The Kier molecular flexibility index (Phi) is 5.25. The lowest BCUT2D eigenvalue weighted by atomic mass is 10.1. The van der Waals surface area contributed by atoms with Crippen LogP contribution in [0.2, 0.25) is 0 Å². The summed E-state index contributed by atoms with van der Waals surface area (Å²) in [6, 6.07) is 0.